The molecule has 0 aliphatic carbocycles. The number of rotatable bonds is 3. The van der Waals surface area contributed by atoms with E-state index in [1.807, 2.05) is 0 Å². The zero-order valence-corrected chi connectivity index (χ0v) is 7.60. The first-order chi connectivity index (χ1) is 6.63. The van der Waals surface area contributed by atoms with Gasteiger partial charge < -0.3 is 14.9 Å². The van der Waals surface area contributed by atoms with Gasteiger partial charge in [-0.15, -0.1) is 0 Å². The molecule has 0 aliphatic heterocycles. The lowest BCUT2D eigenvalue weighted by atomic mass is 10.2. The number of hydrogen-bond donors (Lipinski definition) is 2. The Morgan fingerprint density at radius 3 is 2.27 bits per heavy atom. The number of carbonyl (C=O) groups is 1. The second-order valence-corrected chi connectivity index (χ2v) is 2.61. The monoisotopic (exact) mass is 220 g/mol. The highest BCUT2D eigenvalue weighted by molar-refractivity contribution is 5.89. The molecule has 0 radical (unpaired) electrons. The van der Waals surface area contributed by atoms with Gasteiger partial charge in [0.15, 0.2) is 0 Å². The van der Waals surface area contributed by atoms with Crippen LogP contribution in [0.25, 0.3) is 6.08 Å². The number of benzene rings is 1. The highest BCUT2D eigenvalue weighted by Crippen LogP contribution is 2.12. The molecule has 0 saturated heterocycles. The van der Waals surface area contributed by atoms with Crippen molar-refractivity contribution in [2.45, 2.75) is 0 Å². The molecule has 0 aliphatic rings. The smallest absolute Gasteiger partial charge is 0.371 e. The molecule has 1 rings (SSSR count). The fraction of sp³-hybridized carbons (Fsp3) is 0.100. The number of carboxylic acid groups (broad SMARTS) is 1. The van der Waals surface area contributed by atoms with Gasteiger partial charge >= 0.3 is 29.0 Å². The topological polar surface area (TPSA) is 66.8 Å². The van der Waals surface area contributed by atoms with Crippen molar-refractivity contribution in [1.29, 1.82) is 0 Å². The summed E-state index contributed by atoms with van der Waals surface area (Å²) in [6.07, 6.45) is 1.38. The molecule has 2 N–H and O–H groups in total. The molecule has 0 heterocycles. The zero-order valence-electron chi connectivity index (χ0n) is 7.60. The van der Waals surface area contributed by atoms with E-state index in [-0.39, 0.29) is 34.6 Å². The van der Waals surface area contributed by atoms with Crippen LogP contribution >= 0.6 is 0 Å². The summed E-state index contributed by atoms with van der Waals surface area (Å²) in [4.78, 5) is 10.6. The van der Waals surface area contributed by atoms with Crippen LogP contribution < -0.4 is 0 Å². The third-order valence-electron chi connectivity index (χ3n) is 1.62. The number of hydrogen-bond acceptors (Lipinski definition) is 3. The second-order valence-electron chi connectivity index (χ2n) is 2.61. The molecule has 1 aromatic carbocycles. The molecule has 0 bridgehead atoms. The van der Waals surface area contributed by atoms with Crippen LogP contribution in [-0.2, 0) is 9.53 Å². The molecule has 0 spiro atoms. The third kappa shape index (κ3) is 4.22. The van der Waals surface area contributed by atoms with E-state index in [0.29, 0.717) is 5.56 Å². The Kier molecular flexibility index (Phi) is 5.81. The molecule has 0 aromatic heterocycles. The molecule has 15 heavy (non-hydrogen) atoms. The van der Waals surface area contributed by atoms with Crippen molar-refractivity contribution < 1.29 is 19.7 Å². The van der Waals surface area contributed by atoms with E-state index < -0.39 is 5.97 Å². The quantitative estimate of drug-likeness (QED) is 0.443. The van der Waals surface area contributed by atoms with Crippen LogP contribution in [0.2, 0.25) is 0 Å². The summed E-state index contributed by atoms with van der Waals surface area (Å²) >= 11 is 0. The minimum atomic E-state index is -1.12. The summed E-state index contributed by atoms with van der Waals surface area (Å²) in [5.41, 5.74) is 0.655. The van der Waals surface area contributed by atoms with Gasteiger partial charge in [-0.25, -0.2) is 4.79 Å². The van der Waals surface area contributed by atoms with Crippen molar-refractivity contribution in [1.82, 2.24) is 0 Å². The van der Waals surface area contributed by atoms with Gasteiger partial charge in [-0.05, 0) is 23.8 Å². The van der Waals surface area contributed by atoms with Crippen LogP contribution in [-0.4, -0.2) is 46.3 Å². The van der Waals surface area contributed by atoms with E-state index in [9.17, 15) is 4.79 Å². The van der Waals surface area contributed by atoms with Gasteiger partial charge in [-0.3, -0.25) is 0 Å². The molecule has 5 heteroatoms. The number of phenolic OH excluding ortho intramolecular Hbond substituents is 1. The molecule has 0 fully saturated rings. The standard InChI is InChI=1S/C10H10O4.Mg.2H/c1-14-9(10(12)13)6-7-2-4-8(11)5-3-7;;;/h2-6,11H,1H3,(H,12,13);;;. The van der Waals surface area contributed by atoms with E-state index in [0.717, 1.165) is 0 Å². The molecule has 78 valence electrons. The first-order valence-corrected chi connectivity index (χ1v) is 3.91. The maximum atomic E-state index is 10.6. The summed E-state index contributed by atoms with van der Waals surface area (Å²) < 4.78 is 4.64. The Morgan fingerprint density at radius 2 is 1.87 bits per heavy atom. The summed E-state index contributed by atoms with van der Waals surface area (Å²) in [7, 11) is 1.29. The highest BCUT2D eigenvalue weighted by Gasteiger charge is 2.05. The maximum Gasteiger partial charge on any atom is 0.371 e. The fourth-order valence-corrected chi connectivity index (χ4v) is 0.930. The molecular weight excluding hydrogens is 208 g/mol. The van der Waals surface area contributed by atoms with Crippen molar-refractivity contribution in [2.24, 2.45) is 0 Å². The number of phenols is 1. The zero-order chi connectivity index (χ0) is 10.6. The second kappa shape index (κ2) is 6.31. The van der Waals surface area contributed by atoms with Gasteiger partial charge in [0.25, 0.3) is 0 Å². The van der Waals surface area contributed by atoms with E-state index in [1.54, 1.807) is 12.1 Å². The Balaban J connectivity index is 0.00000196. The fourth-order valence-electron chi connectivity index (χ4n) is 0.930. The van der Waals surface area contributed by atoms with Gasteiger partial charge in [0, 0.05) is 0 Å². The van der Waals surface area contributed by atoms with Crippen molar-refractivity contribution in [3.05, 3.63) is 35.6 Å². The summed E-state index contributed by atoms with van der Waals surface area (Å²) in [5.74, 6) is -1.13. The van der Waals surface area contributed by atoms with Gasteiger partial charge in [0.05, 0.1) is 7.11 Å². The van der Waals surface area contributed by atoms with Crippen LogP contribution in [0, 0.1) is 0 Å². The van der Waals surface area contributed by atoms with E-state index in [2.05, 4.69) is 4.74 Å². The van der Waals surface area contributed by atoms with E-state index >= 15 is 0 Å². The van der Waals surface area contributed by atoms with Gasteiger partial charge in [0.2, 0.25) is 5.76 Å². The molecule has 1 aromatic rings. The predicted octanol–water partition coefficient (Wildman–Crippen LogP) is 0.548. The summed E-state index contributed by atoms with van der Waals surface area (Å²) in [6.45, 7) is 0. The van der Waals surface area contributed by atoms with Crippen LogP contribution in [0.4, 0.5) is 0 Å². The molecular formula is C10H12MgO4. The van der Waals surface area contributed by atoms with Gasteiger partial charge in [-0.1, -0.05) is 12.1 Å². The maximum absolute atomic E-state index is 10.6. The minimum Gasteiger partial charge on any atom is -0.508 e. The first kappa shape index (κ1) is 13.8. The number of aliphatic carboxylic acids is 1. The number of carboxylic acids is 1. The highest BCUT2D eigenvalue weighted by atomic mass is 24.3. The number of methoxy groups -OCH3 is 1. The van der Waals surface area contributed by atoms with Gasteiger partial charge in [-0.2, -0.15) is 0 Å². The largest absolute Gasteiger partial charge is 0.508 e. The molecule has 0 saturated carbocycles. The van der Waals surface area contributed by atoms with Crippen LogP contribution in [0.15, 0.2) is 30.0 Å². The Labute approximate surface area is 103 Å². The molecule has 0 unspecified atom stereocenters. The average Bonchev–Trinajstić information content (AvgIpc) is 2.16. The Morgan fingerprint density at radius 1 is 1.33 bits per heavy atom. The van der Waals surface area contributed by atoms with Crippen LogP contribution in [0.3, 0.4) is 0 Å². The lowest BCUT2D eigenvalue weighted by molar-refractivity contribution is -0.135. The normalized spacial score (nSPS) is 10.3. The van der Waals surface area contributed by atoms with Gasteiger partial charge in [0.1, 0.15) is 5.75 Å². The average molecular weight is 221 g/mol. The summed E-state index contributed by atoms with van der Waals surface area (Å²) in [6, 6.07) is 6.14. The lowest BCUT2D eigenvalue weighted by Crippen LogP contribution is -2.01. The summed E-state index contributed by atoms with van der Waals surface area (Å²) in [5, 5.41) is 17.6. The van der Waals surface area contributed by atoms with Crippen molar-refractivity contribution in [3.63, 3.8) is 0 Å². The Hall–Kier alpha value is -1.20. The van der Waals surface area contributed by atoms with Crippen molar-refractivity contribution in [3.8, 4) is 5.75 Å². The van der Waals surface area contributed by atoms with Crippen molar-refractivity contribution >= 4 is 35.1 Å². The minimum absolute atomic E-state index is 0. The predicted molar refractivity (Wildman–Crippen MR) is 59.3 cm³/mol. The Bertz CT molecular complexity index is 356. The van der Waals surface area contributed by atoms with E-state index in [4.69, 9.17) is 10.2 Å². The molecule has 4 nitrogen and oxygen atoms in total. The van der Waals surface area contributed by atoms with Crippen LogP contribution in [0.1, 0.15) is 5.56 Å². The number of ether oxygens (including phenoxy) is 1. The third-order valence-corrected chi connectivity index (χ3v) is 1.62. The molecule has 0 atom stereocenters. The van der Waals surface area contributed by atoms with Crippen molar-refractivity contribution in [2.75, 3.05) is 7.11 Å². The molecule has 0 amide bonds. The van der Waals surface area contributed by atoms with E-state index in [1.165, 1.54) is 25.3 Å². The van der Waals surface area contributed by atoms with Crippen LogP contribution in [0.5, 0.6) is 5.75 Å². The lowest BCUT2D eigenvalue weighted by Gasteiger charge is -2.00. The SMILES string of the molecule is COC(=Cc1ccc(O)cc1)C(=O)O.[MgH2]. The first-order valence-electron chi connectivity index (χ1n) is 3.91. The number of aromatic hydroxyl groups is 1.